The Bertz CT molecular complexity index is 755. The predicted octanol–water partition coefficient (Wildman–Crippen LogP) is 2.90. The van der Waals surface area contributed by atoms with Crippen molar-refractivity contribution >= 4 is 5.91 Å². The lowest BCUT2D eigenvalue weighted by Crippen LogP contribution is -2.32. The van der Waals surface area contributed by atoms with Crippen LogP contribution in [0.15, 0.2) is 36.7 Å². The monoisotopic (exact) mass is 325 g/mol. The van der Waals surface area contributed by atoms with Gasteiger partial charge in [-0.25, -0.2) is 0 Å². The third kappa shape index (κ3) is 2.68. The summed E-state index contributed by atoms with van der Waals surface area (Å²) in [5.41, 5.74) is 2.37. The zero-order chi connectivity index (χ0) is 16.7. The molecule has 4 rings (SSSR count). The first kappa shape index (κ1) is 15.2. The summed E-state index contributed by atoms with van der Waals surface area (Å²) in [6.07, 6.45) is 6.97. The Balaban J connectivity index is 1.50. The van der Waals surface area contributed by atoms with Gasteiger partial charge in [-0.1, -0.05) is 12.1 Å². The Labute approximate surface area is 142 Å². The third-order valence-corrected chi connectivity index (χ3v) is 5.28. The Hall–Kier alpha value is -2.30. The molecule has 0 N–H and O–H groups in total. The fraction of sp³-hybridized carbons (Fsp3) is 0.474. The highest BCUT2D eigenvalue weighted by molar-refractivity contribution is 5.83. The van der Waals surface area contributed by atoms with Gasteiger partial charge in [0.15, 0.2) is 0 Å². The van der Waals surface area contributed by atoms with Gasteiger partial charge in [-0.2, -0.15) is 5.10 Å². The van der Waals surface area contributed by atoms with Gasteiger partial charge >= 0.3 is 0 Å². The number of hydrogen-bond acceptors (Lipinski definition) is 3. The molecule has 0 radical (unpaired) electrons. The number of carbonyl (C=O) groups is 1. The van der Waals surface area contributed by atoms with Crippen molar-refractivity contribution in [3.05, 3.63) is 47.8 Å². The molecule has 1 saturated carbocycles. The summed E-state index contributed by atoms with van der Waals surface area (Å²) in [5.74, 6) is 1.62. The molecule has 5 nitrogen and oxygen atoms in total. The van der Waals surface area contributed by atoms with Crippen molar-refractivity contribution in [2.45, 2.75) is 31.2 Å². The summed E-state index contributed by atoms with van der Waals surface area (Å²) in [4.78, 5) is 15.1. The molecular weight excluding hydrogens is 302 g/mol. The van der Waals surface area contributed by atoms with E-state index in [0.717, 1.165) is 31.6 Å². The molecule has 2 heterocycles. The van der Waals surface area contributed by atoms with Crippen molar-refractivity contribution < 1.29 is 9.53 Å². The zero-order valence-corrected chi connectivity index (χ0v) is 14.2. The maximum atomic E-state index is 13.0. The van der Waals surface area contributed by atoms with Crippen molar-refractivity contribution in [2.24, 2.45) is 13.0 Å². The number of ether oxygens (including phenoxy) is 1. The molecule has 1 aliphatic heterocycles. The van der Waals surface area contributed by atoms with E-state index in [1.165, 1.54) is 11.1 Å². The van der Waals surface area contributed by atoms with Crippen LogP contribution in [0.4, 0.5) is 0 Å². The minimum Gasteiger partial charge on any atom is -0.497 e. The molecule has 1 aliphatic carbocycles. The van der Waals surface area contributed by atoms with Crippen LogP contribution >= 0.6 is 0 Å². The number of carbonyl (C=O) groups excluding carboxylic acids is 1. The SMILES string of the molecule is COc1cccc([C@@H]2CCCN2C(=O)[C@H]2C[C@@H]2c2cnn(C)c2)c1. The van der Waals surface area contributed by atoms with E-state index in [2.05, 4.69) is 22.1 Å². The average Bonchev–Trinajstić information content (AvgIpc) is 3.03. The van der Waals surface area contributed by atoms with Gasteiger partial charge in [0.25, 0.3) is 0 Å². The molecule has 2 aromatic rings. The summed E-state index contributed by atoms with van der Waals surface area (Å²) in [6, 6.07) is 8.29. The molecule has 2 aliphatic rings. The summed E-state index contributed by atoms with van der Waals surface area (Å²) in [5, 5.41) is 4.23. The molecule has 0 spiro atoms. The van der Waals surface area contributed by atoms with Crippen LogP contribution in [-0.4, -0.2) is 34.2 Å². The molecule has 1 aromatic heterocycles. The summed E-state index contributed by atoms with van der Waals surface area (Å²) in [6.45, 7) is 0.858. The van der Waals surface area contributed by atoms with Crippen LogP contribution in [0.1, 0.15) is 42.3 Å². The summed E-state index contributed by atoms with van der Waals surface area (Å²) in [7, 11) is 3.60. The molecule has 126 valence electrons. The lowest BCUT2D eigenvalue weighted by atomic mass is 10.0. The fourth-order valence-corrected chi connectivity index (χ4v) is 3.91. The first-order valence-corrected chi connectivity index (χ1v) is 8.60. The van der Waals surface area contributed by atoms with E-state index in [4.69, 9.17) is 4.74 Å². The van der Waals surface area contributed by atoms with Gasteiger partial charge in [-0.15, -0.1) is 0 Å². The van der Waals surface area contributed by atoms with Crippen LogP contribution in [0.2, 0.25) is 0 Å². The van der Waals surface area contributed by atoms with Crippen LogP contribution < -0.4 is 4.74 Å². The van der Waals surface area contributed by atoms with E-state index < -0.39 is 0 Å². The molecule has 3 atom stereocenters. The van der Waals surface area contributed by atoms with Gasteiger partial charge in [0.05, 0.1) is 19.3 Å². The lowest BCUT2D eigenvalue weighted by molar-refractivity contribution is -0.133. The molecule has 0 unspecified atom stereocenters. The predicted molar refractivity (Wildman–Crippen MR) is 90.7 cm³/mol. The highest BCUT2D eigenvalue weighted by Gasteiger charge is 2.48. The second-order valence-electron chi connectivity index (χ2n) is 6.86. The van der Waals surface area contributed by atoms with E-state index in [-0.39, 0.29) is 12.0 Å². The third-order valence-electron chi connectivity index (χ3n) is 5.28. The van der Waals surface area contributed by atoms with Crippen LogP contribution in [0.3, 0.4) is 0 Å². The molecule has 1 saturated heterocycles. The molecule has 24 heavy (non-hydrogen) atoms. The normalized spacial score (nSPS) is 25.8. The minimum absolute atomic E-state index is 0.125. The smallest absolute Gasteiger partial charge is 0.226 e. The first-order chi connectivity index (χ1) is 11.7. The number of rotatable bonds is 4. The van der Waals surface area contributed by atoms with Crippen molar-refractivity contribution in [1.82, 2.24) is 14.7 Å². The fourth-order valence-electron chi connectivity index (χ4n) is 3.91. The Morgan fingerprint density at radius 2 is 2.21 bits per heavy atom. The molecular formula is C19H23N3O2. The van der Waals surface area contributed by atoms with Crippen molar-refractivity contribution in [2.75, 3.05) is 13.7 Å². The van der Waals surface area contributed by atoms with E-state index in [1.54, 1.807) is 7.11 Å². The van der Waals surface area contributed by atoms with Crippen molar-refractivity contribution in [1.29, 1.82) is 0 Å². The molecule has 5 heteroatoms. The van der Waals surface area contributed by atoms with Gasteiger partial charge in [0.1, 0.15) is 5.75 Å². The van der Waals surface area contributed by atoms with Gasteiger partial charge in [0.2, 0.25) is 5.91 Å². The second kappa shape index (κ2) is 5.96. The van der Waals surface area contributed by atoms with Crippen LogP contribution in [0.5, 0.6) is 5.75 Å². The van der Waals surface area contributed by atoms with Crippen molar-refractivity contribution in [3.63, 3.8) is 0 Å². The van der Waals surface area contributed by atoms with Gasteiger partial charge in [-0.3, -0.25) is 9.48 Å². The zero-order valence-electron chi connectivity index (χ0n) is 14.2. The number of hydrogen-bond donors (Lipinski definition) is 0. The number of nitrogens with zero attached hydrogens (tertiary/aromatic N) is 3. The number of likely N-dealkylation sites (tertiary alicyclic amines) is 1. The second-order valence-corrected chi connectivity index (χ2v) is 6.86. The van der Waals surface area contributed by atoms with Gasteiger partial charge < -0.3 is 9.64 Å². The van der Waals surface area contributed by atoms with Crippen LogP contribution in [0, 0.1) is 5.92 Å². The number of aryl methyl sites for hydroxylation is 1. The maximum absolute atomic E-state index is 13.0. The largest absolute Gasteiger partial charge is 0.497 e. The van der Waals surface area contributed by atoms with Crippen molar-refractivity contribution in [3.8, 4) is 5.75 Å². The Kier molecular flexibility index (Phi) is 3.79. The highest BCUT2D eigenvalue weighted by Crippen LogP contribution is 2.50. The van der Waals surface area contributed by atoms with E-state index in [0.29, 0.717) is 11.8 Å². The first-order valence-electron chi connectivity index (χ1n) is 8.60. The quantitative estimate of drug-likeness (QED) is 0.868. The molecule has 1 aromatic carbocycles. The van der Waals surface area contributed by atoms with Gasteiger partial charge in [0, 0.05) is 25.7 Å². The van der Waals surface area contributed by atoms with Crippen LogP contribution in [-0.2, 0) is 11.8 Å². The number of aromatic nitrogens is 2. The summed E-state index contributed by atoms with van der Waals surface area (Å²) < 4.78 is 7.14. The number of amides is 1. The van der Waals surface area contributed by atoms with E-state index in [1.807, 2.05) is 36.3 Å². The minimum atomic E-state index is 0.125. The van der Waals surface area contributed by atoms with E-state index >= 15 is 0 Å². The van der Waals surface area contributed by atoms with Crippen LogP contribution in [0.25, 0.3) is 0 Å². The molecule has 0 bridgehead atoms. The average molecular weight is 325 g/mol. The number of methoxy groups -OCH3 is 1. The lowest BCUT2D eigenvalue weighted by Gasteiger charge is -2.25. The molecule has 1 amide bonds. The number of benzene rings is 1. The highest BCUT2D eigenvalue weighted by atomic mass is 16.5. The summed E-state index contributed by atoms with van der Waals surface area (Å²) >= 11 is 0. The topological polar surface area (TPSA) is 47.4 Å². The standard InChI is InChI=1S/C19H23N3O2/c1-21-12-14(11-20-21)16-10-17(16)19(23)22-8-4-7-18(22)13-5-3-6-15(9-13)24-2/h3,5-6,9,11-12,16-18H,4,7-8,10H2,1-2H3/t16-,17+,18+/m1/s1. The molecule has 2 fully saturated rings. The maximum Gasteiger partial charge on any atom is 0.226 e. The Morgan fingerprint density at radius 1 is 1.33 bits per heavy atom. The van der Waals surface area contributed by atoms with Gasteiger partial charge in [-0.05, 0) is 48.4 Å². The Morgan fingerprint density at radius 3 is 2.96 bits per heavy atom. The van der Waals surface area contributed by atoms with E-state index in [9.17, 15) is 4.79 Å².